The molecule has 0 saturated heterocycles. The lowest BCUT2D eigenvalue weighted by Gasteiger charge is -2.02. The van der Waals surface area contributed by atoms with Gasteiger partial charge >= 0.3 is 0 Å². The number of amides is 1. The summed E-state index contributed by atoms with van der Waals surface area (Å²) in [5.74, 6) is 0.512. The van der Waals surface area contributed by atoms with Crippen molar-refractivity contribution in [2.75, 3.05) is 5.32 Å². The molecule has 3 aromatic rings. The molecular formula is C16H14N2O2. The summed E-state index contributed by atoms with van der Waals surface area (Å²) in [4.78, 5) is 16.2. The van der Waals surface area contributed by atoms with Crippen LogP contribution in [0.4, 0.5) is 5.82 Å². The molecule has 0 radical (unpaired) electrons. The molecule has 4 heteroatoms. The lowest BCUT2D eigenvalue weighted by molar-refractivity contribution is 0.0998. The molecular weight excluding hydrogens is 252 g/mol. The number of fused-ring (bicyclic) bond motifs is 1. The van der Waals surface area contributed by atoms with E-state index in [2.05, 4.69) is 10.3 Å². The maximum absolute atomic E-state index is 12.1. The van der Waals surface area contributed by atoms with Crippen LogP contribution >= 0.6 is 0 Å². The predicted octanol–water partition coefficient (Wildman–Crippen LogP) is 3.70. The molecule has 1 amide bonds. The van der Waals surface area contributed by atoms with Crippen LogP contribution < -0.4 is 5.32 Å². The van der Waals surface area contributed by atoms with Gasteiger partial charge in [0.05, 0.1) is 0 Å². The first-order valence-electron chi connectivity index (χ1n) is 6.36. The molecule has 0 aliphatic rings. The number of benzene rings is 1. The van der Waals surface area contributed by atoms with E-state index in [1.54, 1.807) is 12.3 Å². The zero-order valence-corrected chi connectivity index (χ0v) is 11.3. The van der Waals surface area contributed by atoms with Crippen molar-refractivity contribution < 1.29 is 9.21 Å². The first kappa shape index (κ1) is 12.4. The molecule has 0 aliphatic heterocycles. The van der Waals surface area contributed by atoms with Crippen LogP contribution in [0.1, 0.15) is 21.7 Å². The van der Waals surface area contributed by atoms with Gasteiger partial charge in [-0.3, -0.25) is 4.79 Å². The van der Waals surface area contributed by atoms with Crippen molar-refractivity contribution in [1.82, 2.24) is 4.98 Å². The van der Waals surface area contributed by atoms with Crippen LogP contribution in [0.5, 0.6) is 0 Å². The van der Waals surface area contributed by atoms with Crippen LogP contribution in [0.15, 0.2) is 47.0 Å². The quantitative estimate of drug-likeness (QED) is 0.769. The van der Waals surface area contributed by atoms with E-state index in [-0.39, 0.29) is 11.7 Å². The van der Waals surface area contributed by atoms with E-state index in [0.29, 0.717) is 11.4 Å². The van der Waals surface area contributed by atoms with Gasteiger partial charge in [0, 0.05) is 11.6 Å². The number of aromatic nitrogens is 1. The fraction of sp³-hybridized carbons (Fsp3) is 0.125. The fourth-order valence-electron chi connectivity index (χ4n) is 2.06. The van der Waals surface area contributed by atoms with Crippen molar-refractivity contribution >= 4 is 22.7 Å². The Morgan fingerprint density at radius 3 is 2.70 bits per heavy atom. The minimum atomic E-state index is -0.294. The van der Waals surface area contributed by atoms with Crippen LogP contribution in [0.3, 0.4) is 0 Å². The highest BCUT2D eigenvalue weighted by Crippen LogP contribution is 2.21. The van der Waals surface area contributed by atoms with Gasteiger partial charge in [-0.25, -0.2) is 4.98 Å². The number of pyridine rings is 1. The molecule has 100 valence electrons. The summed E-state index contributed by atoms with van der Waals surface area (Å²) in [6, 6.07) is 11.2. The first-order valence-corrected chi connectivity index (χ1v) is 6.36. The largest absolute Gasteiger partial charge is 0.451 e. The number of carbonyl (C=O) groups is 1. The number of nitrogens with one attached hydrogen (secondary N) is 1. The lowest BCUT2D eigenvalue weighted by atomic mass is 10.2. The number of hydrogen-bond donors (Lipinski definition) is 1. The van der Waals surface area contributed by atoms with Gasteiger partial charge in [0.2, 0.25) is 0 Å². The van der Waals surface area contributed by atoms with Crippen LogP contribution in [0.2, 0.25) is 0 Å². The van der Waals surface area contributed by atoms with Gasteiger partial charge in [-0.1, -0.05) is 11.6 Å². The Kier molecular flexibility index (Phi) is 2.99. The Bertz CT molecular complexity index is 790. The molecule has 4 nitrogen and oxygen atoms in total. The van der Waals surface area contributed by atoms with E-state index in [0.717, 1.165) is 16.5 Å². The highest BCUT2D eigenvalue weighted by Gasteiger charge is 2.13. The van der Waals surface area contributed by atoms with Crippen molar-refractivity contribution in [3.8, 4) is 0 Å². The van der Waals surface area contributed by atoms with Crippen molar-refractivity contribution in [3.63, 3.8) is 0 Å². The Labute approximate surface area is 116 Å². The van der Waals surface area contributed by atoms with E-state index in [1.165, 1.54) is 0 Å². The number of rotatable bonds is 2. The summed E-state index contributed by atoms with van der Waals surface area (Å²) in [6.07, 6.45) is 1.66. The lowest BCUT2D eigenvalue weighted by Crippen LogP contribution is -2.11. The molecule has 0 fully saturated rings. The Hall–Kier alpha value is -2.62. The highest BCUT2D eigenvalue weighted by molar-refractivity contribution is 6.04. The molecule has 1 N–H and O–H groups in total. The van der Waals surface area contributed by atoms with Gasteiger partial charge in [-0.15, -0.1) is 0 Å². The molecule has 2 aromatic heterocycles. The summed E-state index contributed by atoms with van der Waals surface area (Å²) in [7, 11) is 0. The molecule has 0 spiro atoms. The number of anilines is 1. The molecule has 0 saturated carbocycles. The second-order valence-corrected chi connectivity index (χ2v) is 4.82. The van der Waals surface area contributed by atoms with Crippen LogP contribution in [0.25, 0.3) is 11.0 Å². The van der Waals surface area contributed by atoms with Crippen molar-refractivity contribution in [1.29, 1.82) is 0 Å². The second kappa shape index (κ2) is 4.81. The van der Waals surface area contributed by atoms with E-state index in [9.17, 15) is 4.79 Å². The first-order chi connectivity index (χ1) is 9.61. The average Bonchev–Trinajstić information content (AvgIpc) is 2.81. The minimum Gasteiger partial charge on any atom is -0.451 e. The predicted molar refractivity (Wildman–Crippen MR) is 77.9 cm³/mol. The van der Waals surface area contributed by atoms with Gasteiger partial charge in [0.25, 0.3) is 5.91 Å². The van der Waals surface area contributed by atoms with E-state index in [1.807, 2.05) is 44.2 Å². The Balaban J connectivity index is 1.88. The summed E-state index contributed by atoms with van der Waals surface area (Å²) >= 11 is 0. The molecule has 3 rings (SSSR count). The molecule has 0 bridgehead atoms. The van der Waals surface area contributed by atoms with Gasteiger partial charge in [-0.2, -0.15) is 0 Å². The van der Waals surface area contributed by atoms with E-state index in [4.69, 9.17) is 4.42 Å². The van der Waals surface area contributed by atoms with Crippen molar-refractivity contribution in [2.24, 2.45) is 0 Å². The standard InChI is InChI=1S/C16H14N2O2/c1-10-3-4-13-12(7-10)9-14(20-13)16(19)18-15-8-11(2)5-6-17-15/h3-9H,1-2H3,(H,17,18,19). The van der Waals surface area contributed by atoms with E-state index < -0.39 is 0 Å². The van der Waals surface area contributed by atoms with Crippen LogP contribution in [-0.2, 0) is 0 Å². The second-order valence-electron chi connectivity index (χ2n) is 4.82. The molecule has 1 aromatic carbocycles. The highest BCUT2D eigenvalue weighted by atomic mass is 16.3. The third kappa shape index (κ3) is 2.40. The smallest absolute Gasteiger partial charge is 0.292 e. The van der Waals surface area contributed by atoms with E-state index >= 15 is 0 Å². The fourth-order valence-corrected chi connectivity index (χ4v) is 2.06. The summed E-state index contributed by atoms with van der Waals surface area (Å²) < 4.78 is 5.55. The monoisotopic (exact) mass is 266 g/mol. The molecule has 0 atom stereocenters. The van der Waals surface area contributed by atoms with Gasteiger partial charge in [0.15, 0.2) is 5.76 Å². The number of aryl methyl sites for hydroxylation is 2. The third-order valence-corrected chi connectivity index (χ3v) is 3.05. The topological polar surface area (TPSA) is 55.1 Å². The normalized spacial score (nSPS) is 10.7. The number of carbonyl (C=O) groups excluding carboxylic acids is 1. The molecule has 20 heavy (non-hydrogen) atoms. The Morgan fingerprint density at radius 1 is 1.10 bits per heavy atom. The third-order valence-electron chi connectivity index (χ3n) is 3.05. The number of hydrogen-bond acceptors (Lipinski definition) is 3. The van der Waals surface area contributed by atoms with Gasteiger partial charge < -0.3 is 9.73 Å². The number of nitrogens with zero attached hydrogens (tertiary/aromatic N) is 1. The van der Waals surface area contributed by atoms with Crippen LogP contribution in [0, 0.1) is 13.8 Å². The maximum Gasteiger partial charge on any atom is 0.292 e. The summed E-state index contributed by atoms with van der Waals surface area (Å²) in [6.45, 7) is 3.95. The van der Waals surface area contributed by atoms with Crippen LogP contribution in [-0.4, -0.2) is 10.9 Å². The summed E-state index contributed by atoms with van der Waals surface area (Å²) in [5, 5.41) is 3.65. The van der Waals surface area contributed by atoms with Crippen molar-refractivity contribution in [3.05, 3.63) is 59.5 Å². The SMILES string of the molecule is Cc1ccnc(NC(=O)c2cc3cc(C)ccc3o2)c1. The molecule has 2 heterocycles. The molecule has 0 aliphatic carbocycles. The zero-order chi connectivity index (χ0) is 14.1. The Morgan fingerprint density at radius 2 is 1.90 bits per heavy atom. The zero-order valence-electron chi connectivity index (χ0n) is 11.3. The molecule has 0 unspecified atom stereocenters. The summed E-state index contributed by atoms with van der Waals surface area (Å²) in [5.41, 5.74) is 2.87. The number of furan rings is 1. The van der Waals surface area contributed by atoms with Gasteiger partial charge in [0.1, 0.15) is 11.4 Å². The minimum absolute atomic E-state index is 0.286. The van der Waals surface area contributed by atoms with Crippen molar-refractivity contribution in [2.45, 2.75) is 13.8 Å². The van der Waals surface area contributed by atoms with Gasteiger partial charge in [-0.05, 0) is 49.7 Å². The average molecular weight is 266 g/mol. The maximum atomic E-state index is 12.1.